The van der Waals surface area contributed by atoms with Crippen molar-refractivity contribution < 1.29 is 9.50 Å². The fourth-order valence-corrected chi connectivity index (χ4v) is 2.66. The Balaban J connectivity index is 1.96. The summed E-state index contributed by atoms with van der Waals surface area (Å²) in [5.41, 5.74) is 2.25. The average Bonchev–Trinajstić information content (AvgIpc) is 2.84. The van der Waals surface area contributed by atoms with E-state index in [9.17, 15) is 9.50 Å². The molecule has 0 radical (unpaired) electrons. The van der Waals surface area contributed by atoms with E-state index in [0.29, 0.717) is 12.0 Å². The highest BCUT2D eigenvalue weighted by Crippen LogP contribution is 2.23. The van der Waals surface area contributed by atoms with Gasteiger partial charge in [0.15, 0.2) is 0 Å². The van der Waals surface area contributed by atoms with Gasteiger partial charge in [-0.25, -0.2) is 9.37 Å². The van der Waals surface area contributed by atoms with Crippen LogP contribution < -0.4 is 0 Å². The molecule has 108 valence electrons. The van der Waals surface area contributed by atoms with Gasteiger partial charge in [0.2, 0.25) is 0 Å². The lowest BCUT2D eigenvalue weighted by Crippen LogP contribution is -2.09. The molecular formula is C17H17FN2O. The first kappa shape index (κ1) is 13.8. The molecule has 0 amide bonds. The number of aliphatic hydroxyl groups excluding tert-OH is 1. The highest BCUT2D eigenvalue weighted by atomic mass is 19.1. The molecule has 1 N–H and O–H groups in total. The van der Waals surface area contributed by atoms with E-state index < -0.39 is 6.10 Å². The maximum Gasteiger partial charge on any atom is 0.129 e. The predicted molar refractivity (Wildman–Crippen MR) is 80.5 cm³/mol. The summed E-state index contributed by atoms with van der Waals surface area (Å²) in [6, 6.07) is 14.2. The number of aromatic nitrogens is 2. The second kappa shape index (κ2) is 5.66. The first-order valence-corrected chi connectivity index (χ1v) is 7.07. The monoisotopic (exact) mass is 284 g/mol. The van der Waals surface area contributed by atoms with Gasteiger partial charge in [-0.2, -0.15) is 0 Å². The zero-order chi connectivity index (χ0) is 14.8. The van der Waals surface area contributed by atoms with Crippen LogP contribution in [0.3, 0.4) is 0 Å². The van der Waals surface area contributed by atoms with Gasteiger partial charge in [-0.15, -0.1) is 0 Å². The van der Waals surface area contributed by atoms with Crippen molar-refractivity contribution in [2.45, 2.75) is 26.0 Å². The fourth-order valence-electron chi connectivity index (χ4n) is 2.66. The molecule has 3 rings (SSSR count). The molecule has 4 heteroatoms. The molecule has 0 spiro atoms. The average molecular weight is 284 g/mol. The van der Waals surface area contributed by atoms with Gasteiger partial charge in [-0.1, -0.05) is 30.3 Å². The van der Waals surface area contributed by atoms with Gasteiger partial charge in [0.25, 0.3) is 0 Å². The predicted octanol–water partition coefficient (Wildman–Crippen LogP) is 3.47. The number of benzene rings is 2. The zero-order valence-electron chi connectivity index (χ0n) is 11.8. The molecule has 1 heterocycles. The van der Waals surface area contributed by atoms with Crippen LogP contribution in [0.4, 0.5) is 4.39 Å². The number of fused-ring (bicyclic) bond motifs is 1. The van der Waals surface area contributed by atoms with Crippen LogP contribution in [0.15, 0.2) is 48.5 Å². The van der Waals surface area contributed by atoms with E-state index in [2.05, 4.69) is 9.55 Å². The van der Waals surface area contributed by atoms with Gasteiger partial charge >= 0.3 is 0 Å². The van der Waals surface area contributed by atoms with Crippen molar-refractivity contribution >= 4 is 11.0 Å². The van der Waals surface area contributed by atoms with Gasteiger partial charge in [-0.3, -0.25) is 0 Å². The van der Waals surface area contributed by atoms with Gasteiger partial charge in [0.05, 0.1) is 17.1 Å². The van der Waals surface area contributed by atoms with Gasteiger partial charge < -0.3 is 9.67 Å². The Morgan fingerprint density at radius 2 is 1.86 bits per heavy atom. The molecule has 21 heavy (non-hydrogen) atoms. The zero-order valence-corrected chi connectivity index (χ0v) is 11.8. The summed E-state index contributed by atoms with van der Waals surface area (Å²) in [6.07, 6.45) is -0.600. The lowest BCUT2D eigenvalue weighted by atomic mass is 10.1. The van der Waals surface area contributed by atoms with Crippen LogP contribution in [0.25, 0.3) is 11.0 Å². The summed E-state index contributed by atoms with van der Waals surface area (Å²) >= 11 is 0. The standard InChI is InChI=1S/C17H17FN2O/c1-2-20-15-10-6-5-9-14(15)19-17(20)11-16(21)12-7-3-4-8-13(12)18/h3-10,16,21H,2,11H2,1H3. The largest absolute Gasteiger partial charge is 0.388 e. The second-order valence-corrected chi connectivity index (χ2v) is 5.00. The molecule has 0 fully saturated rings. The summed E-state index contributed by atoms with van der Waals surface area (Å²) in [5.74, 6) is 0.388. The minimum atomic E-state index is -0.895. The minimum absolute atomic E-state index is 0.295. The third-order valence-corrected chi connectivity index (χ3v) is 3.69. The Kier molecular flexibility index (Phi) is 3.71. The van der Waals surface area contributed by atoms with E-state index in [1.165, 1.54) is 6.07 Å². The van der Waals surface area contributed by atoms with Gasteiger partial charge in [0, 0.05) is 18.5 Å². The van der Waals surface area contributed by atoms with E-state index in [1.54, 1.807) is 18.2 Å². The first-order chi connectivity index (χ1) is 10.2. The molecule has 0 aliphatic carbocycles. The number of nitrogens with zero attached hydrogens (tertiary/aromatic N) is 2. The number of aliphatic hydroxyl groups is 1. The number of para-hydroxylation sites is 2. The SMILES string of the molecule is CCn1c(CC(O)c2ccccc2F)nc2ccccc21. The van der Waals surface area contributed by atoms with Crippen molar-refractivity contribution in [3.63, 3.8) is 0 Å². The third kappa shape index (κ3) is 2.54. The van der Waals surface area contributed by atoms with Crippen LogP contribution in [-0.4, -0.2) is 14.7 Å². The van der Waals surface area contributed by atoms with Crippen LogP contribution >= 0.6 is 0 Å². The first-order valence-electron chi connectivity index (χ1n) is 7.07. The Morgan fingerprint density at radius 3 is 2.62 bits per heavy atom. The van der Waals surface area contributed by atoms with Crippen molar-refractivity contribution in [3.8, 4) is 0 Å². The van der Waals surface area contributed by atoms with Crippen molar-refractivity contribution in [1.82, 2.24) is 9.55 Å². The lowest BCUT2D eigenvalue weighted by molar-refractivity contribution is 0.170. The summed E-state index contributed by atoms with van der Waals surface area (Å²) < 4.78 is 15.8. The summed E-state index contributed by atoms with van der Waals surface area (Å²) in [5, 5.41) is 10.3. The Morgan fingerprint density at radius 1 is 1.14 bits per heavy atom. The number of hydrogen-bond donors (Lipinski definition) is 1. The molecule has 3 aromatic rings. The Bertz CT molecular complexity index is 766. The normalized spacial score (nSPS) is 12.7. The molecule has 1 aromatic heterocycles. The van der Waals surface area contributed by atoms with Crippen molar-refractivity contribution in [3.05, 3.63) is 65.7 Å². The maximum atomic E-state index is 13.7. The maximum absolute atomic E-state index is 13.7. The molecule has 0 saturated carbocycles. The van der Waals surface area contributed by atoms with E-state index in [0.717, 1.165) is 23.4 Å². The van der Waals surface area contributed by atoms with Crippen molar-refractivity contribution in [2.24, 2.45) is 0 Å². The van der Waals surface area contributed by atoms with Gasteiger partial charge in [0.1, 0.15) is 11.6 Å². The molecule has 0 saturated heterocycles. The molecular weight excluding hydrogens is 267 g/mol. The smallest absolute Gasteiger partial charge is 0.129 e. The van der Waals surface area contributed by atoms with Crippen LogP contribution in [0.2, 0.25) is 0 Å². The van der Waals surface area contributed by atoms with E-state index >= 15 is 0 Å². The minimum Gasteiger partial charge on any atom is -0.388 e. The highest BCUT2D eigenvalue weighted by Gasteiger charge is 2.17. The van der Waals surface area contributed by atoms with Crippen LogP contribution in [-0.2, 0) is 13.0 Å². The molecule has 2 aromatic carbocycles. The topological polar surface area (TPSA) is 38.0 Å². The van der Waals surface area contributed by atoms with Crippen LogP contribution in [0.1, 0.15) is 24.4 Å². The Hall–Kier alpha value is -2.20. The van der Waals surface area contributed by atoms with E-state index in [1.807, 2.05) is 31.2 Å². The highest BCUT2D eigenvalue weighted by molar-refractivity contribution is 5.75. The van der Waals surface area contributed by atoms with Crippen LogP contribution in [0, 0.1) is 5.82 Å². The molecule has 0 aliphatic rings. The van der Waals surface area contributed by atoms with Gasteiger partial charge in [-0.05, 0) is 25.1 Å². The second-order valence-electron chi connectivity index (χ2n) is 5.00. The summed E-state index contributed by atoms with van der Waals surface area (Å²) in [4.78, 5) is 4.56. The number of rotatable bonds is 4. The molecule has 1 atom stereocenters. The summed E-state index contributed by atoms with van der Waals surface area (Å²) in [7, 11) is 0. The van der Waals surface area contributed by atoms with Crippen molar-refractivity contribution in [2.75, 3.05) is 0 Å². The fraction of sp³-hybridized carbons (Fsp3) is 0.235. The van der Waals surface area contributed by atoms with E-state index in [-0.39, 0.29) is 5.82 Å². The number of imidazole rings is 1. The summed E-state index contributed by atoms with van der Waals surface area (Å²) in [6.45, 7) is 2.80. The Labute approximate surface area is 122 Å². The number of aryl methyl sites for hydroxylation is 1. The molecule has 3 nitrogen and oxygen atoms in total. The van der Waals surface area contributed by atoms with Crippen molar-refractivity contribution in [1.29, 1.82) is 0 Å². The quantitative estimate of drug-likeness (QED) is 0.796. The van der Waals surface area contributed by atoms with Crippen LogP contribution in [0.5, 0.6) is 0 Å². The molecule has 0 bridgehead atoms. The number of hydrogen-bond acceptors (Lipinski definition) is 2. The van der Waals surface area contributed by atoms with E-state index in [4.69, 9.17) is 0 Å². The molecule has 1 unspecified atom stereocenters. The lowest BCUT2D eigenvalue weighted by Gasteiger charge is -2.12. The molecule has 0 aliphatic heterocycles. The number of halogens is 1. The third-order valence-electron chi connectivity index (χ3n) is 3.69.